The number of hydrogen-bond acceptors (Lipinski definition) is 3. The number of nitrogens with two attached hydrogens (primary N) is 1. The molecule has 0 bridgehead atoms. The normalized spacial score (nSPS) is 18.8. The van der Waals surface area contributed by atoms with Crippen LogP contribution in [0.2, 0.25) is 0 Å². The van der Waals surface area contributed by atoms with E-state index >= 15 is 0 Å². The Bertz CT molecular complexity index is 632. The first-order valence-electron chi connectivity index (χ1n) is 7.65. The van der Waals surface area contributed by atoms with Crippen molar-refractivity contribution in [3.05, 3.63) is 42.0 Å². The summed E-state index contributed by atoms with van der Waals surface area (Å²) in [6.45, 7) is 0.536. The van der Waals surface area contributed by atoms with Crippen LogP contribution in [0.5, 0.6) is 5.75 Å². The molecular formula is C18H23NO2. The molecule has 3 nitrogen and oxygen atoms in total. The van der Waals surface area contributed by atoms with Gasteiger partial charge in [0.25, 0.3) is 0 Å². The van der Waals surface area contributed by atoms with Gasteiger partial charge in [0.1, 0.15) is 5.75 Å². The monoisotopic (exact) mass is 285 g/mol. The van der Waals surface area contributed by atoms with Crippen LogP contribution in [-0.4, -0.2) is 18.8 Å². The molecule has 0 heterocycles. The summed E-state index contributed by atoms with van der Waals surface area (Å²) in [6.07, 6.45) is 3.81. The Morgan fingerprint density at radius 2 is 1.81 bits per heavy atom. The van der Waals surface area contributed by atoms with Crippen molar-refractivity contribution in [1.82, 2.24) is 0 Å². The quantitative estimate of drug-likeness (QED) is 0.905. The number of ether oxygens (including phenoxy) is 1. The predicted octanol–water partition coefficient (Wildman–Crippen LogP) is 3.40. The highest BCUT2D eigenvalue weighted by Gasteiger charge is 2.40. The molecule has 3 N–H and O–H groups in total. The van der Waals surface area contributed by atoms with E-state index in [1.807, 2.05) is 30.3 Å². The molecule has 3 heteroatoms. The van der Waals surface area contributed by atoms with Crippen molar-refractivity contribution < 1.29 is 9.84 Å². The summed E-state index contributed by atoms with van der Waals surface area (Å²) in [7, 11) is 1.68. The van der Waals surface area contributed by atoms with E-state index in [4.69, 9.17) is 10.5 Å². The maximum Gasteiger partial charge on any atom is 0.126 e. The van der Waals surface area contributed by atoms with E-state index in [-0.39, 0.29) is 5.41 Å². The second-order valence-corrected chi connectivity index (χ2v) is 6.08. The zero-order valence-electron chi connectivity index (χ0n) is 12.5. The molecule has 0 amide bonds. The van der Waals surface area contributed by atoms with Crippen molar-refractivity contribution >= 4 is 10.8 Å². The number of methoxy groups -OCH3 is 1. The highest BCUT2D eigenvalue weighted by Crippen LogP contribution is 2.48. The maximum atomic E-state index is 11.0. The fourth-order valence-corrected chi connectivity index (χ4v) is 3.71. The van der Waals surface area contributed by atoms with Crippen LogP contribution in [0.1, 0.15) is 37.4 Å². The fourth-order valence-electron chi connectivity index (χ4n) is 3.71. The zero-order chi connectivity index (χ0) is 14.9. The van der Waals surface area contributed by atoms with Crippen molar-refractivity contribution in [3.63, 3.8) is 0 Å². The average Bonchev–Trinajstić information content (AvgIpc) is 3.03. The van der Waals surface area contributed by atoms with E-state index in [1.54, 1.807) is 7.11 Å². The van der Waals surface area contributed by atoms with Crippen LogP contribution >= 0.6 is 0 Å². The molecule has 1 aliphatic carbocycles. The SMILES string of the molecule is COc1ccc(C(O)C2(CN)CCCC2)c2ccccc12. The first-order valence-corrected chi connectivity index (χ1v) is 7.65. The molecule has 1 atom stereocenters. The molecule has 21 heavy (non-hydrogen) atoms. The largest absolute Gasteiger partial charge is 0.496 e. The third-order valence-electron chi connectivity index (χ3n) is 5.02. The molecular weight excluding hydrogens is 262 g/mol. The van der Waals surface area contributed by atoms with Gasteiger partial charge in [0.15, 0.2) is 0 Å². The number of hydrogen-bond donors (Lipinski definition) is 2. The number of aliphatic hydroxyl groups excluding tert-OH is 1. The highest BCUT2D eigenvalue weighted by atomic mass is 16.5. The van der Waals surface area contributed by atoms with Crippen LogP contribution < -0.4 is 10.5 Å². The van der Waals surface area contributed by atoms with Gasteiger partial charge in [-0.2, -0.15) is 0 Å². The van der Waals surface area contributed by atoms with Crippen LogP contribution in [0.3, 0.4) is 0 Å². The molecule has 2 aromatic carbocycles. The van der Waals surface area contributed by atoms with Crippen molar-refractivity contribution in [1.29, 1.82) is 0 Å². The van der Waals surface area contributed by atoms with Crippen molar-refractivity contribution in [3.8, 4) is 5.75 Å². The summed E-state index contributed by atoms with van der Waals surface area (Å²) in [6, 6.07) is 12.0. The maximum absolute atomic E-state index is 11.0. The van der Waals surface area contributed by atoms with Gasteiger partial charge in [-0.15, -0.1) is 0 Å². The molecule has 3 rings (SSSR count). The van der Waals surface area contributed by atoms with Crippen molar-refractivity contribution in [2.75, 3.05) is 13.7 Å². The Morgan fingerprint density at radius 1 is 1.14 bits per heavy atom. The first-order chi connectivity index (χ1) is 10.2. The molecule has 0 aromatic heterocycles. The Balaban J connectivity index is 2.12. The molecule has 0 aliphatic heterocycles. The molecule has 1 unspecified atom stereocenters. The Kier molecular flexibility index (Phi) is 3.87. The molecule has 0 radical (unpaired) electrons. The minimum Gasteiger partial charge on any atom is -0.496 e. The lowest BCUT2D eigenvalue weighted by Crippen LogP contribution is -2.34. The van der Waals surface area contributed by atoms with E-state index in [0.29, 0.717) is 6.54 Å². The average molecular weight is 285 g/mol. The lowest BCUT2D eigenvalue weighted by atomic mass is 9.76. The van der Waals surface area contributed by atoms with Gasteiger partial charge in [0.05, 0.1) is 13.2 Å². The van der Waals surface area contributed by atoms with E-state index in [2.05, 4.69) is 6.07 Å². The number of rotatable bonds is 4. The standard InChI is InChI=1S/C18H23NO2/c1-21-16-9-8-15(13-6-2-3-7-14(13)16)17(20)18(12-19)10-4-5-11-18/h2-3,6-9,17,20H,4-5,10-12,19H2,1H3. The second kappa shape index (κ2) is 5.66. The van der Waals surface area contributed by atoms with Gasteiger partial charge in [-0.1, -0.05) is 43.2 Å². The van der Waals surface area contributed by atoms with E-state index < -0.39 is 6.10 Å². The van der Waals surface area contributed by atoms with Gasteiger partial charge in [0, 0.05) is 17.3 Å². The van der Waals surface area contributed by atoms with E-state index in [9.17, 15) is 5.11 Å². The Morgan fingerprint density at radius 3 is 2.43 bits per heavy atom. The first kappa shape index (κ1) is 14.4. The highest BCUT2D eigenvalue weighted by molar-refractivity contribution is 5.91. The molecule has 2 aromatic rings. The minimum atomic E-state index is -0.513. The zero-order valence-corrected chi connectivity index (χ0v) is 12.5. The van der Waals surface area contributed by atoms with E-state index in [0.717, 1.165) is 47.8 Å². The molecule has 0 saturated heterocycles. The lowest BCUT2D eigenvalue weighted by Gasteiger charge is -2.34. The third-order valence-corrected chi connectivity index (χ3v) is 5.02. The Hall–Kier alpha value is -1.58. The van der Waals surface area contributed by atoms with Gasteiger partial charge in [-0.05, 0) is 29.9 Å². The number of aliphatic hydroxyl groups is 1. The Labute approximate surface area is 125 Å². The third kappa shape index (κ3) is 2.30. The summed E-state index contributed by atoms with van der Waals surface area (Å²) < 4.78 is 5.43. The summed E-state index contributed by atoms with van der Waals surface area (Å²) >= 11 is 0. The van der Waals surface area contributed by atoms with Crippen LogP contribution in [0.4, 0.5) is 0 Å². The summed E-state index contributed by atoms with van der Waals surface area (Å²) in [5.74, 6) is 0.842. The minimum absolute atomic E-state index is 0.169. The molecule has 112 valence electrons. The van der Waals surface area contributed by atoms with Crippen LogP contribution in [0.25, 0.3) is 10.8 Å². The molecule has 0 spiro atoms. The van der Waals surface area contributed by atoms with Gasteiger partial charge in [-0.3, -0.25) is 0 Å². The van der Waals surface area contributed by atoms with Crippen LogP contribution in [-0.2, 0) is 0 Å². The summed E-state index contributed by atoms with van der Waals surface area (Å²) in [5.41, 5.74) is 6.82. The van der Waals surface area contributed by atoms with Crippen LogP contribution in [0, 0.1) is 5.41 Å². The van der Waals surface area contributed by atoms with Crippen LogP contribution in [0.15, 0.2) is 36.4 Å². The van der Waals surface area contributed by atoms with E-state index in [1.165, 1.54) is 0 Å². The topological polar surface area (TPSA) is 55.5 Å². The second-order valence-electron chi connectivity index (χ2n) is 6.08. The predicted molar refractivity (Wildman–Crippen MR) is 85.4 cm³/mol. The summed E-state index contributed by atoms with van der Waals surface area (Å²) in [5, 5.41) is 13.1. The van der Waals surface area contributed by atoms with Crippen molar-refractivity contribution in [2.24, 2.45) is 11.1 Å². The van der Waals surface area contributed by atoms with Gasteiger partial charge >= 0.3 is 0 Å². The fraction of sp³-hybridized carbons (Fsp3) is 0.444. The van der Waals surface area contributed by atoms with Gasteiger partial charge in [0.2, 0.25) is 0 Å². The molecule has 1 saturated carbocycles. The van der Waals surface area contributed by atoms with Crippen molar-refractivity contribution in [2.45, 2.75) is 31.8 Å². The smallest absolute Gasteiger partial charge is 0.126 e. The van der Waals surface area contributed by atoms with Gasteiger partial charge < -0.3 is 15.6 Å². The summed E-state index contributed by atoms with van der Waals surface area (Å²) in [4.78, 5) is 0. The number of benzene rings is 2. The number of fused-ring (bicyclic) bond motifs is 1. The molecule has 1 fully saturated rings. The lowest BCUT2D eigenvalue weighted by molar-refractivity contribution is 0.0344. The van der Waals surface area contributed by atoms with Gasteiger partial charge in [-0.25, -0.2) is 0 Å². The molecule has 1 aliphatic rings.